The molecular weight excluding hydrogens is 542 g/mol. The molecule has 16 heteroatoms. The van der Waals surface area contributed by atoms with Gasteiger partial charge in [-0.3, -0.25) is 19.3 Å². The molecule has 6 atom stereocenters. The summed E-state index contributed by atoms with van der Waals surface area (Å²) in [5.41, 5.74) is 0. The van der Waals surface area contributed by atoms with Gasteiger partial charge in [-0.15, -0.1) is 0 Å². The summed E-state index contributed by atoms with van der Waals surface area (Å²) >= 11 is 1.30. The average Bonchev–Trinajstić information content (AvgIpc) is 3.22. The van der Waals surface area contributed by atoms with Gasteiger partial charge in [0.15, 0.2) is 12.6 Å². The van der Waals surface area contributed by atoms with Gasteiger partial charge < -0.3 is 49.5 Å². The lowest BCUT2D eigenvalue weighted by Gasteiger charge is -2.25. The van der Waals surface area contributed by atoms with Crippen molar-refractivity contribution >= 4 is 35.7 Å². The smallest absolute Gasteiger partial charge is 0.242 e. The summed E-state index contributed by atoms with van der Waals surface area (Å²) in [6.07, 6.45) is -1.08. The quantitative estimate of drug-likeness (QED) is 0.0398. The predicted molar refractivity (Wildman–Crippen MR) is 139 cm³/mol. The standard InChI is InChI=1S/C23H41N3O12S/c1-4-16(10-27)37-22(12-29)35-14-17(11-28)38-21(34-2)9-25-36-13-15(30)8-24-19(31)5-6-26-20(32)7-18(39-3)23(26)33/h9,15-18,21-22,27-30H,4-8,10-14H2,1-3H3,(H,24,31)/b25-9-. The summed E-state index contributed by atoms with van der Waals surface area (Å²) in [6, 6.07) is 0. The number of likely N-dealkylation sites (tertiary alicyclic amines) is 1. The number of ether oxygens (including phenoxy) is 4. The van der Waals surface area contributed by atoms with Crippen molar-refractivity contribution in [2.75, 3.05) is 59.5 Å². The number of amides is 3. The van der Waals surface area contributed by atoms with Gasteiger partial charge in [0.1, 0.15) is 18.8 Å². The fraction of sp³-hybridized carbons (Fsp3) is 0.826. The molecule has 0 aromatic rings. The van der Waals surface area contributed by atoms with Gasteiger partial charge in [-0.05, 0) is 12.7 Å². The minimum absolute atomic E-state index is 0.0225. The van der Waals surface area contributed by atoms with Gasteiger partial charge in [0.25, 0.3) is 0 Å². The van der Waals surface area contributed by atoms with E-state index < -0.39 is 55.3 Å². The van der Waals surface area contributed by atoms with Crippen molar-refractivity contribution in [1.82, 2.24) is 10.2 Å². The Balaban J connectivity index is 2.33. The maximum atomic E-state index is 12.1. The first kappa shape index (κ1) is 35.1. The molecule has 39 heavy (non-hydrogen) atoms. The van der Waals surface area contributed by atoms with Gasteiger partial charge in [0.2, 0.25) is 17.7 Å². The second-order valence-electron chi connectivity index (χ2n) is 8.41. The van der Waals surface area contributed by atoms with Crippen LogP contribution < -0.4 is 5.32 Å². The SMILES string of the molecule is CCC(CO)OC(CO)OCC(CO)OC(/C=N\OCC(O)CNC(=O)CCN1C(=O)CC(SC)C1=O)OC. The van der Waals surface area contributed by atoms with E-state index in [1.165, 1.54) is 18.9 Å². The molecule has 0 aromatic carbocycles. The zero-order chi connectivity index (χ0) is 29.2. The van der Waals surface area contributed by atoms with Crippen LogP contribution in [0.3, 0.4) is 0 Å². The van der Waals surface area contributed by atoms with Crippen molar-refractivity contribution < 1.29 is 58.6 Å². The second kappa shape index (κ2) is 20.1. The number of imide groups is 1. The number of carbonyl (C=O) groups excluding carboxylic acids is 3. The van der Waals surface area contributed by atoms with E-state index in [9.17, 15) is 34.8 Å². The number of aliphatic hydroxyl groups excluding tert-OH is 4. The van der Waals surface area contributed by atoms with E-state index in [0.29, 0.717) is 6.42 Å². The lowest BCUT2D eigenvalue weighted by atomic mass is 10.3. The van der Waals surface area contributed by atoms with Gasteiger partial charge in [-0.1, -0.05) is 12.1 Å². The van der Waals surface area contributed by atoms with E-state index in [0.717, 1.165) is 11.1 Å². The molecule has 1 fully saturated rings. The third-order valence-corrected chi connectivity index (χ3v) is 6.43. The molecule has 6 unspecified atom stereocenters. The fourth-order valence-electron chi connectivity index (χ4n) is 3.19. The Kier molecular flexibility index (Phi) is 18.1. The normalized spacial score (nSPS) is 19.8. The molecule has 0 bridgehead atoms. The number of methoxy groups -OCH3 is 1. The number of hydrogen-bond donors (Lipinski definition) is 5. The molecule has 0 saturated carbocycles. The highest BCUT2D eigenvalue weighted by molar-refractivity contribution is 8.00. The zero-order valence-electron chi connectivity index (χ0n) is 22.5. The number of oxime groups is 1. The van der Waals surface area contributed by atoms with E-state index in [1.54, 1.807) is 13.2 Å². The molecule has 1 rings (SSSR count). The largest absolute Gasteiger partial charge is 0.394 e. The van der Waals surface area contributed by atoms with Crippen molar-refractivity contribution in [2.45, 2.75) is 62.3 Å². The van der Waals surface area contributed by atoms with Crippen LogP contribution in [0, 0.1) is 0 Å². The Morgan fingerprint density at radius 1 is 1.18 bits per heavy atom. The molecular formula is C23H41N3O12S. The number of hydrogen-bond acceptors (Lipinski definition) is 14. The Bertz CT molecular complexity index is 758. The van der Waals surface area contributed by atoms with Crippen molar-refractivity contribution in [3.63, 3.8) is 0 Å². The maximum absolute atomic E-state index is 12.1. The Morgan fingerprint density at radius 2 is 1.90 bits per heavy atom. The first-order chi connectivity index (χ1) is 18.7. The summed E-state index contributed by atoms with van der Waals surface area (Å²) in [6.45, 7) is 0.0805. The van der Waals surface area contributed by atoms with Crippen LogP contribution in [0.1, 0.15) is 26.2 Å². The van der Waals surface area contributed by atoms with Crippen molar-refractivity contribution in [2.24, 2.45) is 5.16 Å². The van der Waals surface area contributed by atoms with E-state index in [1.807, 2.05) is 0 Å². The molecule has 1 aliphatic rings. The Hall–Kier alpha value is -1.89. The van der Waals surface area contributed by atoms with Gasteiger partial charge in [-0.2, -0.15) is 11.8 Å². The van der Waals surface area contributed by atoms with E-state index >= 15 is 0 Å². The van der Waals surface area contributed by atoms with Crippen LogP contribution >= 0.6 is 11.8 Å². The molecule has 0 radical (unpaired) electrons. The van der Waals surface area contributed by atoms with Crippen LogP contribution in [0.5, 0.6) is 0 Å². The van der Waals surface area contributed by atoms with Gasteiger partial charge in [0.05, 0.1) is 44.0 Å². The summed E-state index contributed by atoms with van der Waals surface area (Å²) < 4.78 is 21.4. The summed E-state index contributed by atoms with van der Waals surface area (Å²) in [4.78, 5) is 42.0. The van der Waals surface area contributed by atoms with Crippen molar-refractivity contribution in [3.05, 3.63) is 0 Å². The van der Waals surface area contributed by atoms with Gasteiger partial charge >= 0.3 is 0 Å². The molecule has 3 amide bonds. The maximum Gasteiger partial charge on any atom is 0.242 e. The second-order valence-corrected chi connectivity index (χ2v) is 9.45. The molecule has 0 aliphatic carbocycles. The van der Waals surface area contributed by atoms with Crippen molar-refractivity contribution in [1.29, 1.82) is 0 Å². The van der Waals surface area contributed by atoms with Crippen LogP contribution in [-0.4, -0.2) is 145 Å². The highest BCUT2D eigenvalue weighted by Crippen LogP contribution is 2.23. The topological polar surface area (TPSA) is 206 Å². The number of rotatable bonds is 22. The monoisotopic (exact) mass is 583 g/mol. The third-order valence-electron chi connectivity index (χ3n) is 5.49. The number of aliphatic hydroxyl groups is 4. The minimum Gasteiger partial charge on any atom is -0.394 e. The molecule has 226 valence electrons. The molecule has 1 saturated heterocycles. The predicted octanol–water partition coefficient (Wildman–Crippen LogP) is -2.18. The summed E-state index contributed by atoms with van der Waals surface area (Å²) in [5, 5.41) is 43.8. The van der Waals surface area contributed by atoms with Crippen LogP contribution in [0.25, 0.3) is 0 Å². The number of nitrogens with zero attached hydrogens (tertiary/aromatic N) is 2. The average molecular weight is 584 g/mol. The van der Waals surface area contributed by atoms with Crippen LogP contribution in [0.2, 0.25) is 0 Å². The number of nitrogens with one attached hydrogen (secondary N) is 1. The fourth-order valence-corrected chi connectivity index (χ4v) is 3.83. The Morgan fingerprint density at radius 3 is 2.46 bits per heavy atom. The molecule has 15 nitrogen and oxygen atoms in total. The first-order valence-corrected chi connectivity index (χ1v) is 13.8. The number of carbonyl (C=O) groups is 3. The summed E-state index contributed by atoms with van der Waals surface area (Å²) in [7, 11) is 1.33. The van der Waals surface area contributed by atoms with Crippen molar-refractivity contribution in [3.8, 4) is 0 Å². The molecule has 0 aromatic heterocycles. The van der Waals surface area contributed by atoms with E-state index in [4.69, 9.17) is 23.8 Å². The third kappa shape index (κ3) is 13.3. The van der Waals surface area contributed by atoms with Crippen LogP contribution in [0.4, 0.5) is 0 Å². The van der Waals surface area contributed by atoms with Crippen LogP contribution in [-0.2, 0) is 38.2 Å². The summed E-state index contributed by atoms with van der Waals surface area (Å²) in [5.74, 6) is -1.04. The lowest BCUT2D eigenvalue weighted by molar-refractivity contribution is -0.220. The molecule has 5 N–H and O–H groups in total. The lowest BCUT2D eigenvalue weighted by Crippen LogP contribution is -2.38. The van der Waals surface area contributed by atoms with Gasteiger partial charge in [-0.25, -0.2) is 0 Å². The highest BCUT2D eigenvalue weighted by Gasteiger charge is 2.37. The highest BCUT2D eigenvalue weighted by atomic mass is 32.2. The molecule has 0 spiro atoms. The minimum atomic E-state index is -1.09. The number of thioether (sulfide) groups is 1. The molecule has 1 aliphatic heterocycles. The Labute approximate surface area is 231 Å². The van der Waals surface area contributed by atoms with Crippen LogP contribution in [0.15, 0.2) is 5.16 Å². The zero-order valence-corrected chi connectivity index (χ0v) is 23.3. The first-order valence-electron chi connectivity index (χ1n) is 12.5. The van der Waals surface area contributed by atoms with E-state index in [-0.39, 0.29) is 57.6 Å². The van der Waals surface area contributed by atoms with Gasteiger partial charge in [0, 0.05) is 33.0 Å². The molecule has 1 heterocycles. The van der Waals surface area contributed by atoms with E-state index in [2.05, 4.69) is 10.5 Å².